The highest BCUT2D eigenvalue weighted by Gasteiger charge is 2.29. The second kappa shape index (κ2) is 5.67. The lowest BCUT2D eigenvalue weighted by Crippen LogP contribution is -2.55. The van der Waals surface area contributed by atoms with Crippen molar-refractivity contribution >= 4 is 5.91 Å². The molecule has 3 heteroatoms. The van der Waals surface area contributed by atoms with Crippen molar-refractivity contribution in [2.45, 2.75) is 77.4 Å². The van der Waals surface area contributed by atoms with Gasteiger partial charge in [0.05, 0.1) is 6.04 Å². The van der Waals surface area contributed by atoms with E-state index in [0.29, 0.717) is 6.04 Å². The Labute approximate surface area is 99.4 Å². The fraction of sp³-hybridized carbons (Fsp3) is 0.923. The summed E-state index contributed by atoms with van der Waals surface area (Å²) in [5.41, 5.74) is -0.0422. The van der Waals surface area contributed by atoms with Crippen molar-refractivity contribution in [3.05, 3.63) is 0 Å². The molecule has 1 fully saturated rings. The summed E-state index contributed by atoms with van der Waals surface area (Å²) in [7, 11) is 0. The van der Waals surface area contributed by atoms with E-state index in [1.807, 2.05) is 0 Å². The molecule has 1 aliphatic heterocycles. The number of carbonyl (C=O) groups is 1. The minimum Gasteiger partial charge on any atom is -0.350 e. The van der Waals surface area contributed by atoms with E-state index in [0.717, 1.165) is 25.7 Å². The first-order valence-corrected chi connectivity index (χ1v) is 6.59. The second-order valence-electron chi connectivity index (χ2n) is 5.31. The Morgan fingerprint density at radius 2 is 2.00 bits per heavy atom. The van der Waals surface area contributed by atoms with Gasteiger partial charge in [0, 0.05) is 11.6 Å². The molecule has 1 rings (SSSR count). The Kier molecular flexibility index (Phi) is 4.78. The molecule has 1 amide bonds. The molecule has 1 heterocycles. The first-order valence-electron chi connectivity index (χ1n) is 6.59. The van der Waals surface area contributed by atoms with Crippen LogP contribution < -0.4 is 10.6 Å². The predicted molar refractivity (Wildman–Crippen MR) is 67.4 cm³/mol. The molecule has 0 aromatic carbocycles. The van der Waals surface area contributed by atoms with Crippen LogP contribution in [0.3, 0.4) is 0 Å². The van der Waals surface area contributed by atoms with Crippen LogP contribution in [-0.2, 0) is 4.79 Å². The van der Waals surface area contributed by atoms with Gasteiger partial charge in [-0.2, -0.15) is 0 Å². The highest BCUT2D eigenvalue weighted by Crippen LogP contribution is 2.17. The molecule has 0 radical (unpaired) electrons. The highest BCUT2D eigenvalue weighted by atomic mass is 16.2. The zero-order valence-electron chi connectivity index (χ0n) is 11.1. The molecule has 2 atom stereocenters. The molecule has 1 saturated heterocycles. The third kappa shape index (κ3) is 3.48. The molecule has 3 nitrogen and oxygen atoms in total. The maximum atomic E-state index is 12.1. The van der Waals surface area contributed by atoms with Crippen LogP contribution in [0.4, 0.5) is 0 Å². The van der Waals surface area contributed by atoms with Gasteiger partial charge in [-0.1, -0.05) is 13.8 Å². The molecule has 0 spiro atoms. The fourth-order valence-electron chi connectivity index (χ4n) is 2.16. The van der Waals surface area contributed by atoms with Crippen molar-refractivity contribution in [2.75, 3.05) is 0 Å². The SMILES string of the molecule is CCC(C)(CC)NC(=O)C1CCCC(C)N1. The van der Waals surface area contributed by atoms with Gasteiger partial charge in [0.25, 0.3) is 0 Å². The number of hydrogen-bond donors (Lipinski definition) is 2. The van der Waals surface area contributed by atoms with E-state index >= 15 is 0 Å². The van der Waals surface area contributed by atoms with Gasteiger partial charge in [0.2, 0.25) is 5.91 Å². The third-order valence-corrected chi connectivity index (χ3v) is 3.92. The lowest BCUT2D eigenvalue weighted by atomic mass is 9.93. The summed E-state index contributed by atoms with van der Waals surface area (Å²) in [5, 5.41) is 6.56. The van der Waals surface area contributed by atoms with Crippen molar-refractivity contribution in [3.8, 4) is 0 Å². The van der Waals surface area contributed by atoms with Crippen LogP contribution in [-0.4, -0.2) is 23.5 Å². The molecular formula is C13H26N2O. The van der Waals surface area contributed by atoms with Gasteiger partial charge >= 0.3 is 0 Å². The van der Waals surface area contributed by atoms with Crippen LogP contribution in [0.25, 0.3) is 0 Å². The molecular weight excluding hydrogens is 200 g/mol. The van der Waals surface area contributed by atoms with Crippen molar-refractivity contribution < 1.29 is 4.79 Å². The number of amides is 1. The molecule has 0 aliphatic carbocycles. The zero-order chi connectivity index (χ0) is 12.2. The highest BCUT2D eigenvalue weighted by molar-refractivity contribution is 5.82. The van der Waals surface area contributed by atoms with Crippen molar-refractivity contribution in [3.63, 3.8) is 0 Å². The minimum atomic E-state index is -0.0422. The van der Waals surface area contributed by atoms with Crippen LogP contribution in [0.5, 0.6) is 0 Å². The number of carbonyl (C=O) groups excluding carboxylic acids is 1. The van der Waals surface area contributed by atoms with E-state index in [4.69, 9.17) is 0 Å². The first kappa shape index (κ1) is 13.5. The lowest BCUT2D eigenvalue weighted by Gasteiger charge is -2.33. The molecule has 1 aliphatic rings. The van der Waals surface area contributed by atoms with E-state index < -0.39 is 0 Å². The summed E-state index contributed by atoms with van der Waals surface area (Å²) >= 11 is 0. The van der Waals surface area contributed by atoms with Crippen LogP contribution in [0.15, 0.2) is 0 Å². The summed E-state index contributed by atoms with van der Waals surface area (Å²) in [4.78, 5) is 12.1. The summed E-state index contributed by atoms with van der Waals surface area (Å²) in [6.07, 6.45) is 5.28. The van der Waals surface area contributed by atoms with Gasteiger partial charge in [0.15, 0.2) is 0 Å². The van der Waals surface area contributed by atoms with Gasteiger partial charge in [-0.3, -0.25) is 4.79 Å². The summed E-state index contributed by atoms with van der Waals surface area (Å²) < 4.78 is 0. The maximum Gasteiger partial charge on any atom is 0.237 e. The topological polar surface area (TPSA) is 41.1 Å². The molecule has 0 aromatic rings. The Bertz CT molecular complexity index is 236. The number of nitrogens with one attached hydrogen (secondary N) is 2. The normalized spacial score (nSPS) is 26.5. The molecule has 0 saturated carbocycles. The smallest absolute Gasteiger partial charge is 0.237 e. The third-order valence-electron chi connectivity index (χ3n) is 3.92. The summed E-state index contributed by atoms with van der Waals surface area (Å²) in [6, 6.07) is 0.486. The average molecular weight is 226 g/mol. The zero-order valence-corrected chi connectivity index (χ0v) is 11.1. The molecule has 0 bridgehead atoms. The molecule has 2 N–H and O–H groups in total. The van der Waals surface area contributed by atoms with Gasteiger partial charge < -0.3 is 10.6 Å². The summed E-state index contributed by atoms with van der Waals surface area (Å²) in [5.74, 6) is 0.178. The predicted octanol–water partition coefficient (Wildman–Crippen LogP) is 2.21. The van der Waals surface area contributed by atoms with E-state index in [1.165, 1.54) is 6.42 Å². The van der Waals surface area contributed by atoms with Gasteiger partial charge in [-0.15, -0.1) is 0 Å². The molecule has 0 aromatic heterocycles. The number of rotatable bonds is 4. The fourth-order valence-corrected chi connectivity index (χ4v) is 2.16. The van der Waals surface area contributed by atoms with Crippen molar-refractivity contribution in [1.29, 1.82) is 0 Å². The standard InChI is InChI=1S/C13H26N2O/c1-5-13(4,6-2)15-12(16)11-9-7-8-10(3)14-11/h10-11,14H,5-9H2,1-4H3,(H,15,16). The van der Waals surface area contributed by atoms with Gasteiger partial charge in [-0.05, 0) is 46.0 Å². The van der Waals surface area contributed by atoms with Crippen LogP contribution in [0.1, 0.15) is 59.8 Å². The maximum absolute atomic E-state index is 12.1. The lowest BCUT2D eigenvalue weighted by molar-refractivity contribution is -0.125. The van der Waals surface area contributed by atoms with E-state index in [-0.39, 0.29) is 17.5 Å². The quantitative estimate of drug-likeness (QED) is 0.771. The Balaban J connectivity index is 2.51. The second-order valence-corrected chi connectivity index (χ2v) is 5.31. The van der Waals surface area contributed by atoms with Crippen molar-refractivity contribution in [1.82, 2.24) is 10.6 Å². The molecule has 2 unspecified atom stereocenters. The van der Waals surface area contributed by atoms with Crippen LogP contribution >= 0.6 is 0 Å². The first-order chi connectivity index (χ1) is 7.50. The van der Waals surface area contributed by atoms with E-state index in [2.05, 4.69) is 38.3 Å². The van der Waals surface area contributed by atoms with Crippen LogP contribution in [0, 0.1) is 0 Å². The van der Waals surface area contributed by atoms with E-state index in [9.17, 15) is 4.79 Å². The molecule has 16 heavy (non-hydrogen) atoms. The average Bonchev–Trinajstić information content (AvgIpc) is 2.29. The summed E-state index contributed by atoms with van der Waals surface area (Å²) in [6.45, 7) is 8.52. The molecule has 94 valence electrons. The Morgan fingerprint density at radius 3 is 2.50 bits per heavy atom. The Hall–Kier alpha value is -0.570. The number of hydrogen-bond acceptors (Lipinski definition) is 2. The van der Waals surface area contributed by atoms with Gasteiger partial charge in [-0.25, -0.2) is 0 Å². The van der Waals surface area contributed by atoms with Gasteiger partial charge in [0.1, 0.15) is 0 Å². The Morgan fingerprint density at radius 1 is 1.38 bits per heavy atom. The van der Waals surface area contributed by atoms with E-state index in [1.54, 1.807) is 0 Å². The van der Waals surface area contributed by atoms with Crippen molar-refractivity contribution in [2.24, 2.45) is 0 Å². The number of piperidine rings is 1. The monoisotopic (exact) mass is 226 g/mol. The minimum absolute atomic E-state index is 0.0150. The van der Waals surface area contributed by atoms with Crippen LogP contribution in [0.2, 0.25) is 0 Å². The largest absolute Gasteiger partial charge is 0.350 e.